The van der Waals surface area contributed by atoms with Crippen molar-refractivity contribution in [3.05, 3.63) is 92.7 Å². The minimum absolute atomic E-state index is 0.0369. The van der Waals surface area contributed by atoms with Crippen LogP contribution in [0.1, 0.15) is 22.6 Å². The third-order valence-electron chi connectivity index (χ3n) is 6.99. The molecule has 5 rings (SSSR count). The van der Waals surface area contributed by atoms with Gasteiger partial charge in [0, 0.05) is 30.4 Å². The Labute approximate surface area is 240 Å². The maximum atomic E-state index is 14.5. The van der Waals surface area contributed by atoms with E-state index < -0.39 is 5.82 Å². The summed E-state index contributed by atoms with van der Waals surface area (Å²) in [5.41, 5.74) is 3.43. The number of rotatable bonds is 9. The molecule has 0 aliphatic heterocycles. The number of likely N-dealkylation sites (N-methyl/N-ethyl adjacent to an activating group) is 1. The van der Waals surface area contributed by atoms with Crippen molar-refractivity contribution in [2.45, 2.75) is 26.7 Å². The van der Waals surface area contributed by atoms with Crippen LogP contribution in [0.2, 0.25) is 0 Å². The fourth-order valence-electron chi connectivity index (χ4n) is 4.74. The molecule has 0 spiro atoms. The summed E-state index contributed by atoms with van der Waals surface area (Å²) >= 11 is 1.30. The number of ether oxygens (including phenoxy) is 2. The number of carbonyl (C=O) groups is 1. The van der Waals surface area contributed by atoms with Gasteiger partial charge in [-0.15, -0.1) is 11.3 Å². The summed E-state index contributed by atoms with van der Waals surface area (Å²) in [4.78, 5) is 33.7. The molecule has 0 atom stereocenters. The van der Waals surface area contributed by atoms with Gasteiger partial charge < -0.3 is 14.4 Å². The normalized spacial score (nSPS) is 11.2. The Morgan fingerprint density at radius 3 is 2.56 bits per heavy atom. The molecule has 0 unspecified atom stereocenters. The Balaban J connectivity index is 1.39. The summed E-state index contributed by atoms with van der Waals surface area (Å²) in [5.74, 6) is 0.739. The maximum Gasteiger partial charge on any atom is 0.268 e. The van der Waals surface area contributed by atoms with Gasteiger partial charge in [0.15, 0.2) is 16.5 Å². The highest BCUT2D eigenvalue weighted by Crippen LogP contribution is 2.28. The van der Waals surface area contributed by atoms with Crippen LogP contribution < -0.4 is 15.0 Å². The molecule has 0 aliphatic carbocycles. The molecule has 3 aromatic heterocycles. The SMILES string of the molecule is COc1ccc(CCN(C)C(=O)Cc2csc3nc(C)c(-c4cc(C)n(-c5ccccc5F)n4)c(=O)n23)cc1OC. The monoisotopic (exact) mass is 575 g/mol. The topological polar surface area (TPSA) is 91.0 Å². The van der Waals surface area contributed by atoms with Gasteiger partial charge in [0.25, 0.3) is 5.56 Å². The number of halogens is 1. The molecule has 41 heavy (non-hydrogen) atoms. The minimum Gasteiger partial charge on any atom is -0.493 e. The lowest BCUT2D eigenvalue weighted by molar-refractivity contribution is -0.129. The van der Waals surface area contributed by atoms with Crippen LogP contribution in [-0.2, 0) is 17.6 Å². The Kier molecular flexibility index (Phi) is 7.89. The van der Waals surface area contributed by atoms with Gasteiger partial charge >= 0.3 is 0 Å². The van der Waals surface area contributed by atoms with E-state index in [1.165, 1.54) is 26.5 Å². The van der Waals surface area contributed by atoms with Crippen molar-refractivity contribution >= 4 is 22.2 Å². The first-order valence-corrected chi connectivity index (χ1v) is 13.9. The first-order valence-electron chi connectivity index (χ1n) is 13.0. The van der Waals surface area contributed by atoms with Crippen molar-refractivity contribution < 1.29 is 18.7 Å². The standard InChI is InChI=1S/C30H30FN5O4S/c1-18-14-23(33-36(18)24-9-7-6-8-22(24)31)28-19(2)32-30-35(29(28)38)21(17-41-30)16-27(37)34(3)13-12-20-10-11-25(39-4)26(15-20)40-5/h6-11,14-15,17H,12-13,16H2,1-5H3. The molecule has 5 aromatic rings. The molecule has 2 aromatic carbocycles. The number of fused-ring (bicyclic) bond motifs is 1. The highest BCUT2D eigenvalue weighted by atomic mass is 32.1. The second-order valence-electron chi connectivity index (χ2n) is 9.69. The van der Waals surface area contributed by atoms with Crippen LogP contribution in [0.3, 0.4) is 0 Å². The molecule has 0 radical (unpaired) electrons. The molecule has 1 amide bonds. The Morgan fingerprint density at radius 1 is 1.07 bits per heavy atom. The van der Waals surface area contributed by atoms with Crippen molar-refractivity contribution in [1.82, 2.24) is 24.1 Å². The summed E-state index contributed by atoms with van der Waals surface area (Å²) in [7, 11) is 4.91. The van der Waals surface area contributed by atoms with Gasteiger partial charge in [-0.1, -0.05) is 18.2 Å². The molecule has 0 aliphatic rings. The van der Waals surface area contributed by atoms with E-state index in [1.807, 2.05) is 18.2 Å². The van der Waals surface area contributed by atoms with Crippen molar-refractivity contribution in [3.63, 3.8) is 0 Å². The number of hydrogen-bond donors (Lipinski definition) is 0. The number of aromatic nitrogens is 4. The van der Waals surface area contributed by atoms with E-state index in [0.717, 1.165) is 5.56 Å². The maximum absolute atomic E-state index is 14.5. The predicted molar refractivity (Wildman–Crippen MR) is 156 cm³/mol. The second-order valence-corrected chi connectivity index (χ2v) is 10.5. The molecule has 9 nitrogen and oxygen atoms in total. The van der Waals surface area contributed by atoms with E-state index in [9.17, 15) is 14.0 Å². The van der Waals surface area contributed by atoms with E-state index in [4.69, 9.17) is 9.47 Å². The van der Waals surface area contributed by atoms with Gasteiger partial charge in [0.2, 0.25) is 5.91 Å². The molecular weight excluding hydrogens is 545 g/mol. The number of para-hydroxylation sites is 1. The van der Waals surface area contributed by atoms with Gasteiger partial charge in [0.1, 0.15) is 17.2 Å². The zero-order valence-electron chi connectivity index (χ0n) is 23.5. The summed E-state index contributed by atoms with van der Waals surface area (Å²) < 4.78 is 28.1. The van der Waals surface area contributed by atoms with Crippen molar-refractivity contribution in [3.8, 4) is 28.4 Å². The number of methoxy groups -OCH3 is 2. The molecular formula is C30H30FN5O4S. The third-order valence-corrected chi connectivity index (χ3v) is 7.86. The van der Waals surface area contributed by atoms with E-state index in [0.29, 0.717) is 63.5 Å². The second kappa shape index (κ2) is 11.5. The molecule has 0 bridgehead atoms. The van der Waals surface area contributed by atoms with Crippen LogP contribution in [-0.4, -0.2) is 57.8 Å². The van der Waals surface area contributed by atoms with E-state index in [1.54, 1.807) is 69.7 Å². The molecule has 0 fully saturated rings. The van der Waals surface area contributed by atoms with Gasteiger partial charge in [-0.05, 0) is 56.2 Å². The van der Waals surface area contributed by atoms with Crippen molar-refractivity contribution in [1.29, 1.82) is 0 Å². The van der Waals surface area contributed by atoms with Crippen LogP contribution in [0.5, 0.6) is 11.5 Å². The van der Waals surface area contributed by atoms with E-state index in [-0.39, 0.29) is 17.9 Å². The predicted octanol–water partition coefficient (Wildman–Crippen LogP) is 4.63. The average molecular weight is 576 g/mol. The number of benzene rings is 2. The fraction of sp³-hybridized carbons (Fsp3) is 0.267. The van der Waals surface area contributed by atoms with Gasteiger partial charge in [-0.3, -0.25) is 14.0 Å². The molecule has 212 valence electrons. The van der Waals surface area contributed by atoms with Gasteiger partial charge in [-0.25, -0.2) is 14.1 Å². The number of nitrogens with zero attached hydrogens (tertiary/aromatic N) is 5. The summed E-state index contributed by atoms with van der Waals surface area (Å²) in [6.07, 6.45) is 0.664. The van der Waals surface area contributed by atoms with Crippen LogP contribution in [0.25, 0.3) is 21.9 Å². The minimum atomic E-state index is -0.416. The van der Waals surface area contributed by atoms with Crippen molar-refractivity contribution in [2.75, 3.05) is 27.8 Å². The smallest absolute Gasteiger partial charge is 0.268 e. The van der Waals surface area contributed by atoms with Crippen LogP contribution >= 0.6 is 11.3 Å². The Morgan fingerprint density at radius 2 is 1.83 bits per heavy atom. The first kappa shape index (κ1) is 28.0. The average Bonchev–Trinajstić information content (AvgIpc) is 3.54. The quantitative estimate of drug-likeness (QED) is 0.255. The summed E-state index contributed by atoms with van der Waals surface area (Å²) in [6.45, 7) is 4.04. The third kappa shape index (κ3) is 5.45. The number of aryl methyl sites for hydroxylation is 2. The lowest BCUT2D eigenvalue weighted by Crippen LogP contribution is -2.31. The lowest BCUT2D eigenvalue weighted by Gasteiger charge is -2.18. The zero-order chi connectivity index (χ0) is 29.3. The summed E-state index contributed by atoms with van der Waals surface area (Å²) in [6, 6.07) is 13.8. The zero-order valence-corrected chi connectivity index (χ0v) is 24.3. The lowest BCUT2D eigenvalue weighted by atomic mass is 10.1. The largest absolute Gasteiger partial charge is 0.493 e. The molecule has 3 heterocycles. The molecule has 11 heteroatoms. The number of hydrogen-bond acceptors (Lipinski definition) is 7. The van der Waals surface area contributed by atoms with Gasteiger partial charge in [0.05, 0.1) is 31.9 Å². The highest BCUT2D eigenvalue weighted by molar-refractivity contribution is 7.15. The fourth-order valence-corrected chi connectivity index (χ4v) is 5.66. The molecule has 0 N–H and O–H groups in total. The summed E-state index contributed by atoms with van der Waals surface area (Å²) in [5, 5.41) is 6.34. The Hall–Kier alpha value is -4.51. The van der Waals surface area contributed by atoms with Crippen LogP contribution in [0.15, 0.2) is 58.7 Å². The van der Waals surface area contributed by atoms with Crippen LogP contribution in [0, 0.1) is 19.7 Å². The number of thiazole rings is 1. The number of amides is 1. The highest BCUT2D eigenvalue weighted by Gasteiger charge is 2.21. The number of carbonyl (C=O) groups excluding carboxylic acids is 1. The van der Waals surface area contributed by atoms with Crippen molar-refractivity contribution in [2.24, 2.45) is 0 Å². The van der Waals surface area contributed by atoms with Gasteiger partial charge in [-0.2, -0.15) is 5.10 Å². The Bertz CT molecular complexity index is 1810. The molecule has 0 saturated carbocycles. The van der Waals surface area contributed by atoms with Crippen LogP contribution in [0.4, 0.5) is 4.39 Å². The first-order chi connectivity index (χ1) is 19.7. The van der Waals surface area contributed by atoms with E-state index in [2.05, 4.69) is 10.1 Å². The van der Waals surface area contributed by atoms with E-state index >= 15 is 0 Å². The molecule has 0 saturated heterocycles.